The van der Waals surface area contributed by atoms with Crippen LogP contribution >= 0.6 is 12.6 Å². The van der Waals surface area contributed by atoms with Gasteiger partial charge in [-0.2, -0.15) is 12.6 Å². The Morgan fingerprint density at radius 3 is 2.17 bits per heavy atom. The van der Waals surface area contributed by atoms with Crippen molar-refractivity contribution in [2.45, 2.75) is 50.9 Å². The molecular formula is C23H32N6O6S. The second-order valence-corrected chi connectivity index (χ2v) is 9.00. The Balaban J connectivity index is 2.20. The molecule has 12 nitrogen and oxygen atoms in total. The number of aromatic amines is 1. The monoisotopic (exact) mass is 520 g/mol. The molecule has 8 N–H and O–H groups in total. The Labute approximate surface area is 213 Å². The third-order valence-corrected chi connectivity index (χ3v) is 5.78. The highest BCUT2D eigenvalue weighted by Gasteiger charge is 2.32. The molecule has 0 radical (unpaired) electrons. The fourth-order valence-corrected chi connectivity index (χ4v) is 3.47. The maximum Gasteiger partial charge on any atom is 0.326 e. The number of carbonyl (C=O) groups excluding carboxylic acids is 3. The molecule has 1 aromatic carbocycles. The molecule has 1 aromatic heterocycles. The molecule has 4 atom stereocenters. The van der Waals surface area contributed by atoms with Gasteiger partial charge in [-0.25, -0.2) is 9.78 Å². The van der Waals surface area contributed by atoms with Gasteiger partial charge in [0.1, 0.15) is 23.9 Å². The first-order valence-electron chi connectivity index (χ1n) is 11.3. The van der Waals surface area contributed by atoms with E-state index in [4.69, 9.17) is 5.73 Å². The average Bonchev–Trinajstić information content (AvgIpc) is 3.35. The maximum atomic E-state index is 13.2. The van der Waals surface area contributed by atoms with Gasteiger partial charge in [0.15, 0.2) is 0 Å². The molecule has 0 fully saturated rings. The maximum absolute atomic E-state index is 13.2. The first-order valence-corrected chi connectivity index (χ1v) is 11.9. The van der Waals surface area contributed by atoms with E-state index < -0.39 is 47.9 Å². The number of amides is 3. The van der Waals surface area contributed by atoms with Crippen molar-refractivity contribution in [2.24, 2.45) is 11.7 Å². The summed E-state index contributed by atoms with van der Waals surface area (Å²) in [6, 6.07) is 1.55. The van der Waals surface area contributed by atoms with Gasteiger partial charge >= 0.3 is 5.97 Å². The number of nitrogens with two attached hydrogens (primary N) is 1. The van der Waals surface area contributed by atoms with Crippen molar-refractivity contribution < 1.29 is 29.4 Å². The Hall–Kier alpha value is -3.58. The summed E-state index contributed by atoms with van der Waals surface area (Å²) >= 11 is 3.99. The van der Waals surface area contributed by atoms with Crippen molar-refractivity contribution in [2.75, 3.05) is 5.75 Å². The number of phenols is 1. The molecule has 0 saturated heterocycles. The summed E-state index contributed by atoms with van der Waals surface area (Å²) in [6.07, 6.45) is 2.84. The number of nitrogens with zero attached hydrogens (tertiary/aromatic N) is 1. The van der Waals surface area contributed by atoms with E-state index in [2.05, 4.69) is 38.5 Å². The van der Waals surface area contributed by atoms with E-state index in [0.717, 1.165) is 0 Å². The standard InChI is InChI=1S/C23H32N6O6S/c1-12(2)19(29-20(31)16(24)10-36)22(33)27-17(8-14-9-25-11-26-14)21(32)28-18(23(34)35)7-13-3-5-15(30)6-4-13/h3-6,9,11-12,16-19,30,36H,7-8,10,24H2,1-2H3,(H,25,26)(H,27,33)(H,28,32)(H,29,31)(H,34,35). The van der Waals surface area contributed by atoms with Gasteiger partial charge in [0.05, 0.1) is 12.4 Å². The molecule has 0 aliphatic heterocycles. The van der Waals surface area contributed by atoms with Crippen molar-refractivity contribution in [1.29, 1.82) is 0 Å². The molecule has 3 amide bonds. The Kier molecular flexibility index (Phi) is 10.7. The van der Waals surface area contributed by atoms with Gasteiger partial charge in [0.2, 0.25) is 17.7 Å². The number of thiol groups is 1. The topological polar surface area (TPSA) is 200 Å². The molecule has 2 rings (SSSR count). The minimum absolute atomic E-state index is 0.00195. The summed E-state index contributed by atoms with van der Waals surface area (Å²) in [5.74, 6) is -3.41. The van der Waals surface area contributed by atoms with Crippen LogP contribution < -0.4 is 21.7 Å². The lowest BCUT2D eigenvalue weighted by Gasteiger charge is -2.26. The first-order chi connectivity index (χ1) is 17.0. The summed E-state index contributed by atoms with van der Waals surface area (Å²) in [7, 11) is 0. The van der Waals surface area contributed by atoms with Gasteiger partial charge in [0, 0.05) is 30.5 Å². The van der Waals surface area contributed by atoms with Crippen molar-refractivity contribution in [1.82, 2.24) is 25.9 Å². The summed E-state index contributed by atoms with van der Waals surface area (Å²) in [5.41, 5.74) is 6.81. The van der Waals surface area contributed by atoms with Crippen LogP contribution in [0.4, 0.5) is 0 Å². The number of carbonyl (C=O) groups is 4. The smallest absolute Gasteiger partial charge is 0.326 e. The molecule has 196 valence electrons. The number of hydrogen-bond donors (Lipinski definition) is 8. The number of aliphatic carboxylic acids is 1. The first kappa shape index (κ1) is 28.7. The number of carboxylic acids is 1. The Bertz CT molecular complexity index is 1030. The zero-order valence-corrected chi connectivity index (χ0v) is 20.9. The van der Waals surface area contributed by atoms with Crippen molar-refractivity contribution in [3.63, 3.8) is 0 Å². The highest BCUT2D eigenvalue weighted by Crippen LogP contribution is 2.12. The summed E-state index contributed by atoms with van der Waals surface area (Å²) in [6.45, 7) is 3.44. The highest BCUT2D eigenvalue weighted by atomic mass is 32.1. The number of nitrogens with one attached hydrogen (secondary N) is 4. The normalized spacial score (nSPS) is 14.4. The predicted molar refractivity (Wildman–Crippen MR) is 134 cm³/mol. The van der Waals surface area contributed by atoms with Crippen molar-refractivity contribution >= 4 is 36.3 Å². The number of aromatic nitrogens is 2. The second kappa shape index (κ2) is 13.5. The van der Waals surface area contributed by atoms with Gasteiger partial charge in [-0.15, -0.1) is 0 Å². The van der Waals surface area contributed by atoms with Crippen LogP contribution in [-0.4, -0.2) is 73.8 Å². The highest BCUT2D eigenvalue weighted by molar-refractivity contribution is 7.80. The van der Waals surface area contributed by atoms with Gasteiger partial charge in [-0.3, -0.25) is 14.4 Å². The number of benzene rings is 1. The largest absolute Gasteiger partial charge is 0.508 e. The van der Waals surface area contributed by atoms with Crippen LogP contribution in [0.15, 0.2) is 36.8 Å². The van der Waals surface area contributed by atoms with E-state index in [1.807, 2.05) is 0 Å². The van der Waals surface area contributed by atoms with Gasteiger partial charge < -0.3 is 36.9 Å². The fourth-order valence-electron chi connectivity index (χ4n) is 3.31. The summed E-state index contributed by atoms with van der Waals surface area (Å²) < 4.78 is 0. The third kappa shape index (κ3) is 8.57. The quantitative estimate of drug-likeness (QED) is 0.159. The molecule has 4 unspecified atom stereocenters. The molecular weight excluding hydrogens is 488 g/mol. The molecule has 0 bridgehead atoms. The number of imidazole rings is 1. The lowest BCUT2D eigenvalue weighted by atomic mass is 10.0. The van der Waals surface area contributed by atoms with Crippen LogP contribution in [-0.2, 0) is 32.0 Å². The lowest BCUT2D eigenvalue weighted by molar-refractivity contribution is -0.142. The molecule has 0 spiro atoms. The lowest BCUT2D eigenvalue weighted by Crippen LogP contribution is -2.59. The summed E-state index contributed by atoms with van der Waals surface area (Å²) in [5, 5.41) is 26.8. The van der Waals surface area contributed by atoms with Gasteiger partial charge in [-0.05, 0) is 23.6 Å². The molecule has 0 aliphatic carbocycles. The number of carboxylic acid groups (broad SMARTS) is 1. The van der Waals surface area contributed by atoms with E-state index in [0.29, 0.717) is 11.3 Å². The van der Waals surface area contributed by atoms with E-state index in [9.17, 15) is 29.4 Å². The Morgan fingerprint density at radius 2 is 1.64 bits per heavy atom. The van der Waals surface area contributed by atoms with Crippen LogP contribution in [0.25, 0.3) is 0 Å². The van der Waals surface area contributed by atoms with E-state index >= 15 is 0 Å². The van der Waals surface area contributed by atoms with E-state index in [1.54, 1.807) is 26.0 Å². The number of hydrogen-bond acceptors (Lipinski definition) is 8. The minimum atomic E-state index is -1.29. The second-order valence-electron chi connectivity index (χ2n) is 8.63. The van der Waals surface area contributed by atoms with Crippen LogP contribution in [0, 0.1) is 5.92 Å². The molecule has 0 saturated carbocycles. The molecule has 1 heterocycles. The van der Waals surface area contributed by atoms with E-state index in [1.165, 1.54) is 24.7 Å². The van der Waals surface area contributed by atoms with Crippen LogP contribution in [0.5, 0.6) is 5.75 Å². The fraction of sp³-hybridized carbons (Fsp3) is 0.435. The van der Waals surface area contributed by atoms with Crippen LogP contribution in [0.2, 0.25) is 0 Å². The number of aromatic hydroxyl groups is 1. The van der Waals surface area contributed by atoms with Crippen molar-refractivity contribution in [3.05, 3.63) is 48.0 Å². The summed E-state index contributed by atoms with van der Waals surface area (Å²) in [4.78, 5) is 57.1. The molecule has 2 aromatic rings. The van der Waals surface area contributed by atoms with Crippen molar-refractivity contribution in [3.8, 4) is 5.75 Å². The zero-order chi connectivity index (χ0) is 26.8. The SMILES string of the molecule is CC(C)C(NC(=O)C(N)CS)C(=O)NC(Cc1cnc[nH]1)C(=O)NC(Cc1ccc(O)cc1)C(=O)O. The van der Waals surface area contributed by atoms with Crippen LogP contribution in [0.3, 0.4) is 0 Å². The minimum Gasteiger partial charge on any atom is -0.508 e. The predicted octanol–water partition coefficient (Wildman–Crippen LogP) is -0.647. The Morgan fingerprint density at radius 1 is 1.00 bits per heavy atom. The third-order valence-electron chi connectivity index (χ3n) is 5.38. The van der Waals surface area contributed by atoms with Gasteiger partial charge in [-0.1, -0.05) is 26.0 Å². The van der Waals surface area contributed by atoms with Crippen LogP contribution in [0.1, 0.15) is 25.1 Å². The number of phenolic OH excluding ortho intramolecular Hbond substituents is 1. The average molecular weight is 521 g/mol. The van der Waals surface area contributed by atoms with Gasteiger partial charge in [0.25, 0.3) is 0 Å². The molecule has 36 heavy (non-hydrogen) atoms. The molecule has 0 aliphatic rings. The molecule has 13 heteroatoms. The number of rotatable bonds is 13. The number of H-pyrrole nitrogens is 1. The zero-order valence-electron chi connectivity index (χ0n) is 20.0. The van der Waals surface area contributed by atoms with E-state index in [-0.39, 0.29) is 30.3 Å².